The largest absolute Gasteiger partial charge is 0.492 e. The molecule has 6 nitrogen and oxygen atoms in total. The zero-order valence-corrected chi connectivity index (χ0v) is 17.3. The Morgan fingerprint density at radius 2 is 1.86 bits per heavy atom. The molecule has 29 heavy (non-hydrogen) atoms. The number of halogens is 1. The van der Waals surface area contributed by atoms with Crippen molar-refractivity contribution in [2.24, 2.45) is 0 Å². The summed E-state index contributed by atoms with van der Waals surface area (Å²) in [5, 5.41) is 13.9. The third-order valence-corrected chi connectivity index (χ3v) is 4.92. The predicted molar refractivity (Wildman–Crippen MR) is 116 cm³/mol. The van der Waals surface area contributed by atoms with Gasteiger partial charge in [-0.15, -0.1) is 0 Å². The van der Waals surface area contributed by atoms with E-state index in [-0.39, 0.29) is 5.69 Å². The Morgan fingerprint density at radius 3 is 2.59 bits per heavy atom. The minimum atomic E-state index is -0.470. The summed E-state index contributed by atoms with van der Waals surface area (Å²) in [7, 11) is 0. The van der Waals surface area contributed by atoms with Crippen molar-refractivity contribution in [3.8, 4) is 5.75 Å². The normalized spacial score (nSPS) is 10.4. The molecule has 1 amide bonds. The standard InChI is InChI=1S/C22H19BrN2O4/c1-15-19(8-5-9-20(15)25(27)28)24-22(26)18-14-17(23)10-11-21(18)29-13-12-16-6-3-2-4-7-16/h2-11,14H,12-13H2,1H3,(H,24,26). The van der Waals surface area contributed by atoms with Crippen LogP contribution in [0.3, 0.4) is 0 Å². The Hall–Kier alpha value is -3.19. The zero-order valence-electron chi connectivity index (χ0n) is 15.7. The number of nitro groups is 1. The number of nitrogens with zero attached hydrogens (tertiary/aromatic N) is 1. The molecular formula is C22H19BrN2O4. The average molecular weight is 455 g/mol. The van der Waals surface area contributed by atoms with Crippen LogP contribution in [0.1, 0.15) is 21.5 Å². The maximum Gasteiger partial charge on any atom is 0.274 e. The summed E-state index contributed by atoms with van der Waals surface area (Å²) < 4.78 is 6.59. The van der Waals surface area contributed by atoms with Gasteiger partial charge in [0.2, 0.25) is 0 Å². The number of carbonyl (C=O) groups is 1. The van der Waals surface area contributed by atoms with Crippen molar-refractivity contribution < 1.29 is 14.5 Å². The summed E-state index contributed by atoms with van der Waals surface area (Å²) in [5.74, 6) is 0.0503. The number of anilines is 1. The number of nitro benzene ring substituents is 1. The van der Waals surface area contributed by atoms with E-state index in [0.29, 0.717) is 35.6 Å². The fourth-order valence-corrected chi connectivity index (χ4v) is 3.24. The number of hydrogen-bond donors (Lipinski definition) is 1. The molecule has 0 aliphatic rings. The average Bonchev–Trinajstić information content (AvgIpc) is 2.71. The molecule has 0 heterocycles. The molecule has 0 aliphatic carbocycles. The van der Waals surface area contributed by atoms with E-state index >= 15 is 0 Å². The van der Waals surface area contributed by atoms with Crippen molar-refractivity contribution in [1.82, 2.24) is 0 Å². The molecule has 7 heteroatoms. The van der Waals surface area contributed by atoms with Crippen molar-refractivity contribution in [2.75, 3.05) is 11.9 Å². The second-order valence-corrected chi connectivity index (χ2v) is 7.30. The predicted octanol–water partition coefficient (Wildman–Crippen LogP) is 5.54. The Labute approximate surface area is 176 Å². The SMILES string of the molecule is Cc1c(NC(=O)c2cc(Br)ccc2OCCc2ccccc2)cccc1[N+](=O)[O-]. The third kappa shape index (κ3) is 5.20. The van der Waals surface area contributed by atoms with Crippen LogP contribution in [0.15, 0.2) is 71.2 Å². The van der Waals surface area contributed by atoms with Crippen LogP contribution in [-0.4, -0.2) is 17.4 Å². The van der Waals surface area contributed by atoms with Crippen LogP contribution >= 0.6 is 15.9 Å². The molecule has 0 spiro atoms. The number of ether oxygens (including phenoxy) is 1. The molecule has 1 N–H and O–H groups in total. The summed E-state index contributed by atoms with van der Waals surface area (Å²) in [6.07, 6.45) is 0.710. The third-order valence-electron chi connectivity index (χ3n) is 4.43. The van der Waals surface area contributed by atoms with Gasteiger partial charge in [0, 0.05) is 17.0 Å². The van der Waals surface area contributed by atoms with Crippen LogP contribution in [0.25, 0.3) is 0 Å². The van der Waals surface area contributed by atoms with Gasteiger partial charge >= 0.3 is 0 Å². The monoisotopic (exact) mass is 454 g/mol. The molecule has 0 fully saturated rings. The Kier molecular flexibility index (Phi) is 6.61. The van der Waals surface area contributed by atoms with E-state index in [1.165, 1.54) is 6.07 Å². The van der Waals surface area contributed by atoms with E-state index in [1.807, 2.05) is 30.3 Å². The molecule has 0 saturated heterocycles. The lowest BCUT2D eigenvalue weighted by Crippen LogP contribution is -2.15. The molecule has 3 rings (SSSR count). The second kappa shape index (κ2) is 9.34. The highest BCUT2D eigenvalue weighted by atomic mass is 79.9. The van der Waals surface area contributed by atoms with Gasteiger partial charge in [-0.05, 0) is 36.8 Å². The Balaban J connectivity index is 1.77. The molecule has 0 aliphatic heterocycles. The number of amides is 1. The molecule has 0 aromatic heterocycles. The first-order chi connectivity index (χ1) is 14.0. The molecular weight excluding hydrogens is 436 g/mol. The van der Waals surface area contributed by atoms with E-state index < -0.39 is 10.8 Å². The molecule has 0 saturated carbocycles. The fraction of sp³-hybridized carbons (Fsp3) is 0.136. The van der Waals surface area contributed by atoms with Crippen molar-refractivity contribution in [3.05, 3.63) is 98.0 Å². The fourth-order valence-electron chi connectivity index (χ4n) is 2.88. The van der Waals surface area contributed by atoms with Crippen molar-refractivity contribution in [1.29, 1.82) is 0 Å². The molecule has 0 unspecified atom stereocenters. The van der Waals surface area contributed by atoms with Gasteiger partial charge in [0.1, 0.15) is 5.75 Å². The molecule has 3 aromatic rings. The quantitative estimate of drug-likeness (QED) is 0.375. The van der Waals surface area contributed by atoms with E-state index in [9.17, 15) is 14.9 Å². The minimum absolute atomic E-state index is 0.0450. The van der Waals surface area contributed by atoms with Gasteiger partial charge in [0.25, 0.3) is 11.6 Å². The number of rotatable bonds is 7. The summed E-state index contributed by atoms with van der Waals surface area (Å²) in [6, 6.07) is 19.7. The van der Waals surface area contributed by atoms with Gasteiger partial charge in [-0.25, -0.2) is 0 Å². The lowest BCUT2D eigenvalue weighted by molar-refractivity contribution is -0.385. The summed E-state index contributed by atoms with van der Waals surface area (Å²) in [5.41, 5.74) is 2.23. The van der Waals surface area contributed by atoms with Crippen LogP contribution in [0.4, 0.5) is 11.4 Å². The van der Waals surface area contributed by atoms with Crippen LogP contribution in [-0.2, 0) is 6.42 Å². The first kappa shape index (κ1) is 20.5. The van der Waals surface area contributed by atoms with Crippen molar-refractivity contribution >= 4 is 33.2 Å². The number of hydrogen-bond acceptors (Lipinski definition) is 4. The highest BCUT2D eigenvalue weighted by molar-refractivity contribution is 9.10. The van der Waals surface area contributed by atoms with Crippen LogP contribution < -0.4 is 10.1 Å². The van der Waals surface area contributed by atoms with Gasteiger partial charge in [-0.1, -0.05) is 52.3 Å². The van der Waals surface area contributed by atoms with Crippen LogP contribution in [0.5, 0.6) is 5.75 Å². The first-order valence-electron chi connectivity index (χ1n) is 8.97. The van der Waals surface area contributed by atoms with E-state index in [4.69, 9.17) is 4.74 Å². The van der Waals surface area contributed by atoms with E-state index in [0.717, 1.165) is 10.0 Å². The molecule has 3 aromatic carbocycles. The number of benzene rings is 3. The molecule has 0 atom stereocenters. The maximum atomic E-state index is 12.9. The summed E-state index contributed by atoms with van der Waals surface area (Å²) >= 11 is 3.38. The lowest BCUT2D eigenvalue weighted by atomic mass is 10.1. The van der Waals surface area contributed by atoms with E-state index in [2.05, 4.69) is 21.2 Å². The van der Waals surface area contributed by atoms with Gasteiger partial charge in [-0.2, -0.15) is 0 Å². The van der Waals surface area contributed by atoms with Crippen LogP contribution in [0, 0.1) is 17.0 Å². The second-order valence-electron chi connectivity index (χ2n) is 6.39. The topological polar surface area (TPSA) is 81.5 Å². The first-order valence-corrected chi connectivity index (χ1v) is 9.76. The van der Waals surface area contributed by atoms with Gasteiger partial charge < -0.3 is 10.1 Å². The maximum absolute atomic E-state index is 12.9. The van der Waals surface area contributed by atoms with Crippen LogP contribution in [0.2, 0.25) is 0 Å². The van der Waals surface area contributed by atoms with Gasteiger partial charge in [0.05, 0.1) is 28.3 Å². The highest BCUT2D eigenvalue weighted by Gasteiger charge is 2.18. The highest BCUT2D eigenvalue weighted by Crippen LogP contribution is 2.28. The molecule has 0 radical (unpaired) electrons. The van der Waals surface area contributed by atoms with Crippen molar-refractivity contribution in [3.63, 3.8) is 0 Å². The number of nitrogens with one attached hydrogen (secondary N) is 1. The minimum Gasteiger partial charge on any atom is -0.492 e. The van der Waals surface area contributed by atoms with Gasteiger partial charge in [-0.3, -0.25) is 14.9 Å². The van der Waals surface area contributed by atoms with E-state index in [1.54, 1.807) is 37.3 Å². The molecule has 148 valence electrons. The summed E-state index contributed by atoms with van der Waals surface area (Å²) in [4.78, 5) is 23.5. The smallest absolute Gasteiger partial charge is 0.274 e. The zero-order chi connectivity index (χ0) is 20.8. The number of carbonyl (C=O) groups excluding carboxylic acids is 1. The van der Waals surface area contributed by atoms with Gasteiger partial charge in [0.15, 0.2) is 0 Å². The molecule has 0 bridgehead atoms. The Morgan fingerprint density at radius 1 is 1.10 bits per heavy atom. The summed E-state index contributed by atoms with van der Waals surface area (Å²) in [6.45, 7) is 2.02. The lowest BCUT2D eigenvalue weighted by Gasteiger charge is -2.13. The Bertz CT molecular complexity index is 1040. The van der Waals surface area contributed by atoms with Crippen molar-refractivity contribution in [2.45, 2.75) is 13.3 Å².